The van der Waals surface area contributed by atoms with Crippen LogP contribution in [0.2, 0.25) is 5.02 Å². The van der Waals surface area contributed by atoms with Crippen LogP contribution in [-0.4, -0.2) is 5.71 Å². The molecule has 0 N–H and O–H groups in total. The van der Waals surface area contributed by atoms with Gasteiger partial charge in [-0.2, -0.15) is 18.4 Å². The molecular weight excluding hydrogens is 341 g/mol. The van der Waals surface area contributed by atoms with Crippen LogP contribution in [-0.2, 0) is 17.6 Å². The topological polar surface area (TPSA) is 45.4 Å². The van der Waals surface area contributed by atoms with E-state index < -0.39 is 11.7 Å². The van der Waals surface area contributed by atoms with Crippen molar-refractivity contribution in [3.8, 4) is 6.07 Å². The zero-order valence-electron chi connectivity index (χ0n) is 12.6. The van der Waals surface area contributed by atoms with Gasteiger partial charge in [-0.05, 0) is 42.8 Å². The van der Waals surface area contributed by atoms with Crippen LogP contribution < -0.4 is 0 Å². The fourth-order valence-electron chi connectivity index (χ4n) is 1.99. The molecular formula is C17H12ClF3N2O. The van der Waals surface area contributed by atoms with Gasteiger partial charge >= 0.3 is 6.18 Å². The van der Waals surface area contributed by atoms with Gasteiger partial charge in [-0.25, -0.2) is 0 Å². The van der Waals surface area contributed by atoms with Gasteiger partial charge in [0, 0.05) is 10.6 Å². The number of halogens is 4. The minimum atomic E-state index is -4.51. The van der Waals surface area contributed by atoms with E-state index in [0.29, 0.717) is 5.56 Å². The maximum atomic E-state index is 13.0. The summed E-state index contributed by atoms with van der Waals surface area (Å²) in [5.74, 6) is 0. The first kappa shape index (κ1) is 17.8. The molecule has 24 heavy (non-hydrogen) atoms. The zero-order chi connectivity index (χ0) is 17.7. The highest BCUT2D eigenvalue weighted by Gasteiger charge is 2.34. The number of rotatable bonds is 4. The van der Waals surface area contributed by atoms with E-state index >= 15 is 0 Å². The predicted octanol–water partition coefficient (Wildman–Crippen LogP) is 5.17. The van der Waals surface area contributed by atoms with Gasteiger partial charge in [-0.15, -0.1) is 0 Å². The van der Waals surface area contributed by atoms with Crippen LogP contribution in [0.1, 0.15) is 29.2 Å². The van der Waals surface area contributed by atoms with Crippen molar-refractivity contribution in [1.29, 1.82) is 5.26 Å². The first-order chi connectivity index (χ1) is 11.3. The van der Waals surface area contributed by atoms with Crippen molar-refractivity contribution in [1.82, 2.24) is 0 Å². The lowest BCUT2D eigenvalue weighted by atomic mass is 10.0. The highest BCUT2D eigenvalue weighted by Crippen LogP contribution is 2.33. The van der Waals surface area contributed by atoms with E-state index in [0.717, 1.165) is 11.6 Å². The van der Waals surface area contributed by atoms with Crippen LogP contribution in [0.15, 0.2) is 47.6 Å². The van der Waals surface area contributed by atoms with Crippen LogP contribution in [0, 0.1) is 11.3 Å². The highest BCUT2D eigenvalue weighted by molar-refractivity contribution is 6.31. The molecule has 0 unspecified atom stereocenters. The maximum absolute atomic E-state index is 13.0. The van der Waals surface area contributed by atoms with Gasteiger partial charge < -0.3 is 4.84 Å². The molecule has 0 saturated heterocycles. The Hall–Kier alpha value is -2.52. The summed E-state index contributed by atoms with van der Waals surface area (Å²) >= 11 is 5.78. The van der Waals surface area contributed by atoms with Crippen molar-refractivity contribution in [2.45, 2.75) is 19.7 Å². The second-order valence-electron chi connectivity index (χ2n) is 4.95. The van der Waals surface area contributed by atoms with E-state index in [2.05, 4.69) is 5.16 Å². The van der Waals surface area contributed by atoms with Crippen LogP contribution in [0.5, 0.6) is 0 Å². The second kappa shape index (κ2) is 7.37. The molecule has 0 saturated carbocycles. The summed E-state index contributed by atoms with van der Waals surface area (Å²) in [7, 11) is 0. The van der Waals surface area contributed by atoms with Gasteiger partial charge in [-0.3, -0.25) is 0 Å². The number of hydrogen-bond donors (Lipinski definition) is 0. The van der Waals surface area contributed by atoms with Crippen LogP contribution >= 0.6 is 11.6 Å². The van der Waals surface area contributed by atoms with Crippen LogP contribution in [0.3, 0.4) is 0 Å². The molecule has 0 aliphatic rings. The first-order valence-corrected chi connectivity index (χ1v) is 7.22. The summed E-state index contributed by atoms with van der Waals surface area (Å²) in [6, 6.07) is 11.9. The molecule has 0 amide bonds. The summed E-state index contributed by atoms with van der Waals surface area (Å²) in [5.41, 5.74) is 0.364. The van der Waals surface area contributed by atoms with Gasteiger partial charge in [0.1, 0.15) is 6.61 Å². The number of nitrogens with zero attached hydrogens (tertiary/aromatic N) is 2. The lowest BCUT2D eigenvalue weighted by Crippen LogP contribution is -2.12. The number of oxime groups is 1. The second-order valence-corrected chi connectivity index (χ2v) is 5.38. The Labute approximate surface area is 141 Å². The van der Waals surface area contributed by atoms with Crippen molar-refractivity contribution in [3.63, 3.8) is 0 Å². The molecule has 3 nitrogen and oxygen atoms in total. The van der Waals surface area contributed by atoms with Crippen molar-refractivity contribution in [2.24, 2.45) is 5.16 Å². The lowest BCUT2D eigenvalue weighted by molar-refractivity contribution is -0.137. The molecule has 2 rings (SSSR count). The van der Waals surface area contributed by atoms with E-state index in [-0.39, 0.29) is 22.9 Å². The minimum absolute atomic E-state index is 0.0680. The Balaban J connectivity index is 2.16. The molecule has 0 aliphatic heterocycles. The summed E-state index contributed by atoms with van der Waals surface area (Å²) in [5, 5.41) is 12.6. The maximum Gasteiger partial charge on any atom is 0.417 e. The SMILES string of the molecule is CC(=NOCc1ccc(C#N)cc1)c1cc(Cl)ccc1C(F)(F)F. The Morgan fingerprint density at radius 1 is 1.21 bits per heavy atom. The number of nitriles is 1. The first-order valence-electron chi connectivity index (χ1n) is 6.84. The van der Waals surface area contributed by atoms with Gasteiger partial charge in [0.2, 0.25) is 0 Å². The van der Waals surface area contributed by atoms with Gasteiger partial charge in [0.15, 0.2) is 0 Å². The quantitative estimate of drug-likeness (QED) is 0.562. The molecule has 7 heteroatoms. The molecule has 0 radical (unpaired) electrons. The van der Waals surface area contributed by atoms with Gasteiger partial charge in [0.25, 0.3) is 0 Å². The van der Waals surface area contributed by atoms with E-state index in [1.807, 2.05) is 6.07 Å². The van der Waals surface area contributed by atoms with Gasteiger partial charge in [-0.1, -0.05) is 28.9 Å². The highest BCUT2D eigenvalue weighted by atomic mass is 35.5. The van der Waals surface area contributed by atoms with Crippen molar-refractivity contribution in [2.75, 3.05) is 0 Å². The van der Waals surface area contributed by atoms with Crippen molar-refractivity contribution >= 4 is 17.3 Å². The molecule has 0 atom stereocenters. The fourth-order valence-corrected chi connectivity index (χ4v) is 2.16. The van der Waals surface area contributed by atoms with E-state index in [4.69, 9.17) is 21.7 Å². The van der Waals surface area contributed by atoms with E-state index in [1.165, 1.54) is 19.1 Å². The normalized spacial score (nSPS) is 11.9. The Morgan fingerprint density at radius 2 is 1.88 bits per heavy atom. The zero-order valence-corrected chi connectivity index (χ0v) is 13.3. The summed E-state index contributed by atoms with van der Waals surface area (Å²) < 4.78 is 39.1. The van der Waals surface area contributed by atoms with E-state index in [1.54, 1.807) is 24.3 Å². The third kappa shape index (κ3) is 4.49. The van der Waals surface area contributed by atoms with Gasteiger partial charge in [0.05, 0.1) is 22.9 Å². The van der Waals surface area contributed by atoms with Crippen LogP contribution in [0.4, 0.5) is 13.2 Å². The van der Waals surface area contributed by atoms with E-state index in [9.17, 15) is 13.2 Å². The van der Waals surface area contributed by atoms with Crippen LogP contribution in [0.25, 0.3) is 0 Å². The third-order valence-corrected chi connectivity index (χ3v) is 3.43. The Bertz CT molecular complexity index is 793. The predicted molar refractivity (Wildman–Crippen MR) is 84.6 cm³/mol. The average Bonchev–Trinajstić information content (AvgIpc) is 2.54. The van der Waals surface area contributed by atoms with Crippen molar-refractivity contribution in [3.05, 3.63) is 69.7 Å². The monoisotopic (exact) mass is 352 g/mol. The van der Waals surface area contributed by atoms with Crippen molar-refractivity contribution < 1.29 is 18.0 Å². The third-order valence-electron chi connectivity index (χ3n) is 3.19. The Kier molecular flexibility index (Phi) is 5.47. The molecule has 0 heterocycles. The minimum Gasteiger partial charge on any atom is -0.391 e. The number of alkyl halides is 3. The molecule has 2 aromatic rings. The Morgan fingerprint density at radius 3 is 2.46 bits per heavy atom. The average molecular weight is 353 g/mol. The largest absolute Gasteiger partial charge is 0.417 e. The number of benzene rings is 2. The molecule has 0 bridgehead atoms. The smallest absolute Gasteiger partial charge is 0.391 e. The lowest BCUT2D eigenvalue weighted by Gasteiger charge is -2.12. The summed E-state index contributed by atoms with van der Waals surface area (Å²) in [6.45, 7) is 1.49. The molecule has 0 aliphatic carbocycles. The molecule has 0 aromatic heterocycles. The molecule has 0 fully saturated rings. The molecule has 0 spiro atoms. The summed E-state index contributed by atoms with van der Waals surface area (Å²) in [6.07, 6.45) is -4.51. The summed E-state index contributed by atoms with van der Waals surface area (Å²) in [4.78, 5) is 5.11. The molecule has 2 aromatic carbocycles. The molecule has 124 valence electrons. The number of hydrogen-bond acceptors (Lipinski definition) is 3. The fraction of sp³-hybridized carbons (Fsp3) is 0.176. The standard InChI is InChI=1S/C17H12ClF3N2O/c1-11(15-8-14(18)6-7-16(15)17(19,20)21)23-24-10-13-4-2-12(9-22)3-5-13/h2-8H,10H2,1H3.